The van der Waals surface area contributed by atoms with Gasteiger partial charge < -0.3 is 10.5 Å². The summed E-state index contributed by atoms with van der Waals surface area (Å²) in [6.45, 7) is 0.726. The van der Waals surface area contributed by atoms with Crippen LogP contribution in [0.5, 0.6) is 5.75 Å². The van der Waals surface area contributed by atoms with E-state index < -0.39 is 0 Å². The third kappa shape index (κ3) is 7.25. The first-order valence-corrected chi connectivity index (χ1v) is 10.6. The standard InChI is InChI=1S/C27H29NO2/c28-25-16-11-22(12-17-25)8-4-1-2-7-21-30-26-18-13-23(14-19-26)15-20-27(29)24-9-5-3-6-10-24/h3,5-6,9-20H,1-2,4,7-8,21,28H2. The Hall–Kier alpha value is -3.33. The fourth-order valence-electron chi connectivity index (χ4n) is 3.20. The summed E-state index contributed by atoms with van der Waals surface area (Å²) in [5, 5.41) is 0. The molecular formula is C27H29NO2. The van der Waals surface area contributed by atoms with E-state index in [9.17, 15) is 4.79 Å². The van der Waals surface area contributed by atoms with Gasteiger partial charge >= 0.3 is 0 Å². The zero-order valence-electron chi connectivity index (χ0n) is 17.3. The van der Waals surface area contributed by atoms with Gasteiger partial charge in [-0.25, -0.2) is 0 Å². The average molecular weight is 400 g/mol. The predicted octanol–water partition coefficient (Wildman–Crippen LogP) is 6.35. The van der Waals surface area contributed by atoms with Crippen LogP contribution in [0.2, 0.25) is 0 Å². The van der Waals surface area contributed by atoms with Gasteiger partial charge in [0.25, 0.3) is 0 Å². The first kappa shape index (κ1) is 21.4. The number of aryl methyl sites for hydroxylation is 1. The molecule has 3 nitrogen and oxygen atoms in total. The second-order valence-electron chi connectivity index (χ2n) is 7.39. The first-order chi connectivity index (χ1) is 14.7. The highest BCUT2D eigenvalue weighted by Crippen LogP contribution is 2.15. The van der Waals surface area contributed by atoms with Gasteiger partial charge in [-0.2, -0.15) is 0 Å². The highest BCUT2D eigenvalue weighted by Gasteiger charge is 2.00. The van der Waals surface area contributed by atoms with Crippen molar-refractivity contribution >= 4 is 17.5 Å². The number of nitrogen functional groups attached to an aromatic ring is 1. The molecule has 0 aliphatic rings. The van der Waals surface area contributed by atoms with Crippen LogP contribution in [0.3, 0.4) is 0 Å². The molecule has 0 saturated carbocycles. The van der Waals surface area contributed by atoms with Crippen molar-refractivity contribution in [2.75, 3.05) is 12.3 Å². The molecule has 154 valence electrons. The molecule has 0 aromatic heterocycles. The molecule has 3 rings (SSSR count). The molecule has 0 heterocycles. The number of rotatable bonds is 11. The largest absolute Gasteiger partial charge is 0.494 e. The fraction of sp³-hybridized carbons (Fsp3) is 0.222. The van der Waals surface area contributed by atoms with E-state index >= 15 is 0 Å². The Labute approximate surface area is 179 Å². The summed E-state index contributed by atoms with van der Waals surface area (Å²) in [7, 11) is 0. The lowest BCUT2D eigenvalue weighted by Gasteiger charge is -2.07. The Morgan fingerprint density at radius 2 is 1.50 bits per heavy atom. The molecule has 0 amide bonds. The number of carbonyl (C=O) groups is 1. The van der Waals surface area contributed by atoms with Crippen LogP contribution >= 0.6 is 0 Å². The fourth-order valence-corrected chi connectivity index (χ4v) is 3.20. The quantitative estimate of drug-likeness (QED) is 0.177. The molecule has 0 aliphatic carbocycles. The van der Waals surface area contributed by atoms with Crippen LogP contribution in [0, 0.1) is 0 Å². The predicted molar refractivity (Wildman–Crippen MR) is 125 cm³/mol. The van der Waals surface area contributed by atoms with Gasteiger partial charge in [-0.1, -0.05) is 73.5 Å². The van der Waals surface area contributed by atoms with E-state index in [-0.39, 0.29) is 5.78 Å². The second kappa shape index (κ2) is 11.6. The molecule has 0 radical (unpaired) electrons. The van der Waals surface area contributed by atoms with E-state index in [1.807, 2.05) is 72.8 Å². The number of ketones is 1. The maximum atomic E-state index is 12.1. The van der Waals surface area contributed by atoms with E-state index in [1.54, 1.807) is 6.08 Å². The van der Waals surface area contributed by atoms with Crippen molar-refractivity contribution in [1.82, 2.24) is 0 Å². The summed E-state index contributed by atoms with van der Waals surface area (Å²) in [4.78, 5) is 12.1. The minimum absolute atomic E-state index is 0.00678. The van der Waals surface area contributed by atoms with Crippen LogP contribution in [0.15, 0.2) is 84.9 Å². The monoisotopic (exact) mass is 399 g/mol. The maximum Gasteiger partial charge on any atom is 0.185 e. The lowest BCUT2D eigenvalue weighted by molar-refractivity contribution is 0.104. The molecular weight excluding hydrogens is 370 g/mol. The van der Waals surface area contributed by atoms with Crippen LogP contribution in [-0.4, -0.2) is 12.4 Å². The van der Waals surface area contributed by atoms with Crippen LogP contribution < -0.4 is 10.5 Å². The zero-order valence-corrected chi connectivity index (χ0v) is 17.3. The van der Waals surface area contributed by atoms with Crippen LogP contribution in [0.4, 0.5) is 5.69 Å². The van der Waals surface area contributed by atoms with Crippen molar-refractivity contribution in [3.63, 3.8) is 0 Å². The Morgan fingerprint density at radius 3 is 2.23 bits per heavy atom. The molecule has 0 aliphatic heterocycles. The van der Waals surface area contributed by atoms with Crippen molar-refractivity contribution in [1.29, 1.82) is 0 Å². The van der Waals surface area contributed by atoms with E-state index in [0.29, 0.717) is 5.56 Å². The molecule has 0 spiro atoms. The topological polar surface area (TPSA) is 52.3 Å². The number of allylic oxidation sites excluding steroid dienone is 1. The molecule has 0 fully saturated rings. The molecule has 3 aromatic carbocycles. The first-order valence-electron chi connectivity index (χ1n) is 10.6. The van der Waals surface area contributed by atoms with Crippen LogP contribution in [-0.2, 0) is 6.42 Å². The van der Waals surface area contributed by atoms with Gasteiger partial charge in [-0.3, -0.25) is 4.79 Å². The number of nitrogens with two attached hydrogens (primary N) is 1. The average Bonchev–Trinajstić information content (AvgIpc) is 2.79. The molecule has 0 atom stereocenters. The van der Waals surface area contributed by atoms with E-state index in [0.717, 1.165) is 42.9 Å². The summed E-state index contributed by atoms with van der Waals surface area (Å²) in [6, 6.07) is 25.3. The lowest BCUT2D eigenvalue weighted by atomic mass is 10.1. The number of hydrogen-bond donors (Lipinski definition) is 1. The second-order valence-corrected chi connectivity index (χ2v) is 7.39. The lowest BCUT2D eigenvalue weighted by Crippen LogP contribution is -1.97. The van der Waals surface area contributed by atoms with Gasteiger partial charge in [0, 0.05) is 11.3 Å². The summed E-state index contributed by atoms with van der Waals surface area (Å²) in [5.74, 6) is 0.871. The van der Waals surface area contributed by atoms with Gasteiger partial charge in [-0.15, -0.1) is 0 Å². The number of anilines is 1. The Kier molecular flexibility index (Phi) is 8.28. The van der Waals surface area contributed by atoms with Gasteiger partial charge in [0.1, 0.15) is 5.75 Å². The highest BCUT2D eigenvalue weighted by atomic mass is 16.5. The zero-order chi connectivity index (χ0) is 21.0. The summed E-state index contributed by atoms with van der Waals surface area (Å²) in [5.41, 5.74) is 9.56. The number of benzene rings is 3. The normalized spacial score (nSPS) is 10.9. The molecule has 0 saturated heterocycles. The van der Waals surface area contributed by atoms with Crippen LogP contribution in [0.25, 0.3) is 6.08 Å². The maximum absolute atomic E-state index is 12.1. The van der Waals surface area contributed by atoms with Gasteiger partial charge in [0.15, 0.2) is 5.78 Å². The van der Waals surface area contributed by atoms with E-state index in [2.05, 4.69) is 12.1 Å². The number of hydrogen-bond acceptors (Lipinski definition) is 3. The molecule has 3 aromatic rings. The Bertz CT molecular complexity index is 929. The van der Waals surface area contributed by atoms with Crippen molar-refractivity contribution in [3.8, 4) is 5.75 Å². The molecule has 30 heavy (non-hydrogen) atoms. The van der Waals surface area contributed by atoms with E-state index in [1.165, 1.54) is 18.4 Å². The highest BCUT2D eigenvalue weighted by molar-refractivity contribution is 6.06. The molecule has 2 N–H and O–H groups in total. The number of carbonyl (C=O) groups excluding carboxylic acids is 1. The van der Waals surface area contributed by atoms with Crippen molar-refractivity contribution in [2.24, 2.45) is 0 Å². The Balaban J connectivity index is 1.31. The van der Waals surface area contributed by atoms with Gasteiger partial charge in [-0.05, 0) is 60.7 Å². The van der Waals surface area contributed by atoms with Crippen molar-refractivity contribution in [3.05, 3.63) is 102 Å². The van der Waals surface area contributed by atoms with Crippen molar-refractivity contribution < 1.29 is 9.53 Å². The number of ether oxygens (including phenoxy) is 1. The van der Waals surface area contributed by atoms with E-state index in [4.69, 9.17) is 10.5 Å². The Morgan fingerprint density at radius 1 is 0.800 bits per heavy atom. The number of unbranched alkanes of at least 4 members (excludes halogenated alkanes) is 3. The summed E-state index contributed by atoms with van der Waals surface area (Å²) < 4.78 is 5.83. The molecule has 0 bridgehead atoms. The van der Waals surface area contributed by atoms with Crippen LogP contribution in [0.1, 0.15) is 47.2 Å². The third-order valence-corrected chi connectivity index (χ3v) is 4.97. The molecule has 0 unspecified atom stereocenters. The van der Waals surface area contributed by atoms with Gasteiger partial charge in [0.05, 0.1) is 6.61 Å². The van der Waals surface area contributed by atoms with Gasteiger partial charge in [0.2, 0.25) is 0 Å². The SMILES string of the molecule is Nc1ccc(CCCCCCOc2ccc(C=CC(=O)c3ccccc3)cc2)cc1. The third-order valence-electron chi connectivity index (χ3n) is 4.97. The molecule has 3 heteroatoms. The summed E-state index contributed by atoms with van der Waals surface area (Å²) >= 11 is 0. The minimum Gasteiger partial charge on any atom is -0.494 e. The minimum atomic E-state index is 0.00678. The smallest absolute Gasteiger partial charge is 0.185 e. The van der Waals surface area contributed by atoms with Crippen molar-refractivity contribution in [2.45, 2.75) is 32.1 Å². The summed E-state index contributed by atoms with van der Waals surface area (Å²) in [6.07, 6.45) is 9.14.